The average molecular weight is 352 g/mol. The van der Waals surface area contributed by atoms with Crippen molar-refractivity contribution in [3.8, 4) is 0 Å². The quantitative estimate of drug-likeness (QED) is 0.601. The lowest BCUT2D eigenvalue weighted by molar-refractivity contribution is -0.125. The molecule has 3 amide bonds. The van der Waals surface area contributed by atoms with Gasteiger partial charge in [0.25, 0.3) is 5.91 Å². The number of hydrogen-bond acceptors (Lipinski definition) is 6. The fraction of sp³-hybridized carbons (Fsp3) is 0.235. The summed E-state index contributed by atoms with van der Waals surface area (Å²) >= 11 is 0. The summed E-state index contributed by atoms with van der Waals surface area (Å²) in [6.07, 6.45) is 2.94. The number of rotatable bonds is 3. The Balaban J connectivity index is 1.51. The summed E-state index contributed by atoms with van der Waals surface area (Å²) in [7, 11) is 0. The Morgan fingerprint density at radius 2 is 1.96 bits per heavy atom. The number of para-hydroxylation sites is 1. The van der Waals surface area contributed by atoms with Crippen molar-refractivity contribution in [3.05, 3.63) is 48.0 Å². The zero-order valence-corrected chi connectivity index (χ0v) is 13.7. The van der Waals surface area contributed by atoms with E-state index < -0.39 is 17.4 Å². The number of aromatic nitrogens is 2. The normalized spacial score (nSPS) is 23.2. The summed E-state index contributed by atoms with van der Waals surface area (Å²) in [4.78, 5) is 43.7. The molecular formula is C17H16N6O3. The molecular weight excluding hydrogens is 336 g/mol. The number of nitrogens with two attached hydrogens (primary N) is 1. The lowest BCUT2D eigenvalue weighted by atomic mass is 9.79. The highest BCUT2D eigenvalue weighted by molar-refractivity contribution is 6.04. The van der Waals surface area contributed by atoms with Gasteiger partial charge in [-0.3, -0.25) is 14.4 Å². The van der Waals surface area contributed by atoms with Crippen LogP contribution in [0.4, 0.5) is 11.4 Å². The first-order valence-corrected chi connectivity index (χ1v) is 8.07. The van der Waals surface area contributed by atoms with Gasteiger partial charge >= 0.3 is 0 Å². The van der Waals surface area contributed by atoms with Crippen LogP contribution in [-0.4, -0.2) is 40.3 Å². The van der Waals surface area contributed by atoms with Crippen molar-refractivity contribution in [3.63, 3.8) is 0 Å². The van der Waals surface area contributed by atoms with Gasteiger partial charge in [0.1, 0.15) is 6.04 Å². The van der Waals surface area contributed by atoms with E-state index in [1.165, 1.54) is 12.4 Å². The van der Waals surface area contributed by atoms with Crippen molar-refractivity contribution in [2.75, 3.05) is 17.2 Å². The van der Waals surface area contributed by atoms with Crippen LogP contribution in [0.1, 0.15) is 22.6 Å². The number of fused-ring (bicyclic) bond motifs is 2. The largest absolute Gasteiger partial charge is 0.383 e. The number of benzene rings is 1. The highest BCUT2D eigenvalue weighted by Gasteiger charge is 2.53. The minimum Gasteiger partial charge on any atom is -0.383 e. The standard InChI is InChI=1S/C17H16N6O3/c18-13(24)14-19-6-9(7-20-14)22-15(25)12-5-17(16(26)23-12)8-21-11-4-2-1-3-10(11)17/h1-4,6-7,12,21H,5,8H2,(H2,18,24)(H,22,25)(H,23,26). The number of carbonyl (C=O) groups is 3. The van der Waals surface area contributed by atoms with Gasteiger partial charge in [0.2, 0.25) is 17.6 Å². The zero-order chi connectivity index (χ0) is 18.3. The molecule has 5 N–H and O–H groups in total. The monoisotopic (exact) mass is 352 g/mol. The van der Waals surface area contributed by atoms with Crippen molar-refractivity contribution < 1.29 is 14.4 Å². The van der Waals surface area contributed by atoms with Gasteiger partial charge in [-0.05, 0) is 18.1 Å². The van der Waals surface area contributed by atoms with Gasteiger partial charge in [0, 0.05) is 12.2 Å². The maximum absolute atomic E-state index is 12.6. The van der Waals surface area contributed by atoms with Crippen LogP contribution in [0.15, 0.2) is 36.7 Å². The van der Waals surface area contributed by atoms with Crippen LogP contribution < -0.4 is 21.7 Å². The second-order valence-electron chi connectivity index (χ2n) is 6.36. The van der Waals surface area contributed by atoms with Crippen molar-refractivity contribution in [1.29, 1.82) is 0 Å². The molecule has 2 atom stereocenters. The molecule has 1 aromatic heterocycles. The van der Waals surface area contributed by atoms with E-state index in [1.807, 2.05) is 24.3 Å². The molecule has 1 fully saturated rings. The third-order valence-corrected chi connectivity index (χ3v) is 4.77. The van der Waals surface area contributed by atoms with Crippen LogP contribution in [0.25, 0.3) is 0 Å². The van der Waals surface area contributed by atoms with Crippen LogP contribution in [0.5, 0.6) is 0 Å². The smallest absolute Gasteiger partial charge is 0.286 e. The predicted molar refractivity (Wildman–Crippen MR) is 92.3 cm³/mol. The second kappa shape index (κ2) is 5.80. The van der Waals surface area contributed by atoms with Crippen molar-refractivity contribution >= 4 is 29.1 Å². The van der Waals surface area contributed by atoms with Crippen LogP contribution in [0.2, 0.25) is 0 Å². The molecule has 3 heterocycles. The van der Waals surface area contributed by atoms with Crippen LogP contribution in [0, 0.1) is 0 Å². The van der Waals surface area contributed by atoms with E-state index >= 15 is 0 Å². The summed E-state index contributed by atoms with van der Waals surface area (Å²) in [5, 5.41) is 8.65. The van der Waals surface area contributed by atoms with Crippen molar-refractivity contribution in [1.82, 2.24) is 15.3 Å². The van der Waals surface area contributed by atoms with Crippen LogP contribution in [-0.2, 0) is 15.0 Å². The summed E-state index contributed by atoms with van der Waals surface area (Å²) < 4.78 is 0. The molecule has 26 heavy (non-hydrogen) atoms. The molecule has 1 saturated heterocycles. The highest BCUT2D eigenvalue weighted by Crippen LogP contribution is 2.43. The maximum atomic E-state index is 12.6. The van der Waals surface area contributed by atoms with E-state index in [-0.39, 0.29) is 17.6 Å². The molecule has 4 rings (SSSR count). The predicted octanol–water partition coefficient (Wildman–Crippen LogP) is -0.234. The van der Waals surface area contributed by atoms with Crippen molar-refractivity contribution in [2.24, 2.45) is 5.73 Å². The molecule has 0 radical (unpaired) electrons. The first kappa shape index (κ1) is 16.0. The van der Waals surface area contributed by atoms with Crippen molar-refractivity contribution in [2.45, 2.75) is 17.9 Å². The maximum Gasteiger partial charge on any atom is 0.286 e. The van der Waals surface area contributed by atoms with E-state index in [2.05, 4.69) is 25.9 Å². The van der Waals surface area contributed by atoms with Gasteiger partial charge in [-0.15, -0.1) is 0 Å². The topological polar surface area (TPSA) is 139 Å². The molecule has 132 valence electrons. The van der Waals surface area contributed by atoms with E-state index in [0.717, 1.165) is 11.3 Å². The van der Waals surface area contributed by atoms with E-state index in [1.54, 1.807) is 0 Å². The summed E-state index contributed by atoms with van der Waals surface area (Å²) in [6, 6.07) is 6.93. The van der Waals surface area contributed by atoms with E-state index in [9.17, 15) is 14.4 Å². The molecule has 9 nitrogen and oxygen atoms in total. The molecule has 1 aromatic carbocycles. The van der Waals surface area contributed by atoms with Crippen LogP contribution in [0.3, 0.4) is 0 Å². The molecule has 0 bridgehead atoms. The van der Waals surface area contributed by atoms with Gasteiger partial charge in [0.05, 0.1) is 23.5 Å². The molecule has 2 aromatic rings. The summed E-state index contributed by atoms with van der Waals surface area (Å²) in [6.45, 7) is 0.457. The zero-order valence-electron chi connectivity index (χ0n) is 13.7. The molecule has 2 aliphatic heterocycles. The molecule has 1 spiro atoms. The number of nitrogens with zero attached hydrogens (tertiary/aromatic N) is 2. The number of amides is 3. The first-order valence-electron chi connectivity index (χ1n) is 8.07. The fourth-order valence-corrected chi connectivity index (χ4v) is 3.48. The van der Waals surface area contributed by atoms with Gasteiger partial charge in [0.15, 0.2) is 0 Å². The number of carbonyl (C=O) groups excluding carboxylic acids is 3. The Morgan fingerprint density at radius 1 is 1.23 bits per heavy atom. The Kier molecular flexibility index (Phi) is 3.57. The molecule has 2 aliphatic rings. The second-order valence-corrected chi connectivity index (χ2v) is 6.36. The highest BCUT2D eigenvalue weighted by atomic mass is 16.2. The number of hydrogen-bond donors (Lipinski definition) is 4. The van der Waals surface area contributed by atoms with Crippen LogP contribution >= 0.6 is 0 Å². The van der Waals surface area contributed by atoms with E-state index in [0.29, 0.717) is 18.7 Å². The molecule has 9 heteroatoms. The number of anilines is 2. The van der Waals surface area contributed by atoms with Gasteiger partial charge < -0.3 is 21.7 Å². The summed E-state index contributed by atoms with van der Waals surface area (Å²) in [5.74, 6) is -1.42. The lowest BCUT2D eigenvalue weighted by Crippen LogP contribution is -2.39. The Hall–Kier alpha value is -3.49. The molecule has 2 unspecified atom stereocenters. The van der Waals surface area contributed by atoms with E-state index in [4.69, 9.17) is 5.73 Å². The number of nitrogens with one attached hydrogen (secondary N) is 3. The summed E-state index contributed by atoms with van der Waals surface area (Å²) in [5.41, 5.74) is 6.48. The number of primary amides is 1. The Morgan fingerprint density at radius 3 is 2.69 bits per heavy atom. The minimum absolute atomic E-state index is 0.134. The van der Waals surface area contributed by atoms with Gasteiger partial charge in [-0.25, -0.2) is 9.97 Å². The Bertz CT molecular complexity index is 913. The minimum atomic E-state index is -0.750. The Labute approximate surface area is 148 Å². The van der Waals surface area contributed by atoms with Gasteiger partial charge in [-0.1, -0.05) is 18.2 Å². The van der Waals surface area contributed by atoms with Gasteiger partial charge in [-0.2, -0.15) is 0 Å². The average Bonchev–Trinajstić information content (AvgIpc) is 3.18. The molecule has 0 saturated carbocycles. The molecule has 0 aliphatic carbocycles. The fourth-order valence-electron chi connectivity index (χ4n) is 3.48. The SMILES string of the molecule is NC(=O)c1ncc(NC(=O)C2CC3(CNc4ccccc43)C(=O)N2)cn1. The third-order valence-electron chi connectivity index (χ3n) is 4.77. The third kappa shape index (κ3) is 2.44. The lowest BCUT2D eigenvalue weighted by Gasteiger charge is -2.19. The first-order chi connectivity index (χ1) is 12.5.